The summed E-state index contributed by atoms with van der Waals surface area (Å²) in [4.78, 5) is 16.3. The Hall–Kier alpha value is -2.28. The minimum absolute atomic E-state index is 0.0247. The Balaban J connectivity index is 1.68. The molecule has 5 rings (SSSR count). The van der Waals surface area contributed by atoms with Gasteiger partial charge in [0.2, 0.25) is 0 Å². The van der Waals surface area contributed by atoms with E-state index >= 15 is 0 Å². The molecule has 1 amide bonds. The average molecular weight is 402 g/mol. The number of thioether (sulfide) groups is 1. The second-order valence-electron chi connectivity index (χ2n) is 7.56. The highest BCUT2D eigenvalue weighted by atomic mass is 32.2. The first-order valence-corrected chi connectivity index (χ1v) is 10.5. The summed E-state index contributed by atoms with van der Waals surface area (Å²) in [6.07, 6.45) is 0.883. The van der Waals surface area contributed by atoms with Gasteiger partial charge >= 0.3 is 6.09 Å². The van der Waals surface area contributed by atoms with E-state index in [1.165, 1.54) is 23.1 Å². The summed E-state index contributed by atoms with van der Waals surface area (Å²) < 4.78 is 29.0. The molecule has 7 heteroatoms. The van der Waals surface area contributed by atoms with Gasteiger partial charge in [0.15, 0.2) is 0 Å². The first-order chi connectivity index (χ1) is 13.6. The van der Waals surface area contributed by atoms with Gasteiger partial charge in [-0.15, -0.1) is 11.8 Å². The molecule has 1 saturated heterocycles. The van der Waals surface area contributed by atoms with Gasteiger partial charge in [-0.05, 0) is 36.3 Å². The number of rotatable bonds is 1. The summed E-state index contributed by atoms with van der Waals surface area (Å²) >= 11 is 1.65. The van der Waals surface area contributed by atoms with Gasteiger partial charge in [-0.1, -0.05) is 18.2 Å². The number of carboxylic acid groups (broad SMARTS) is 1. The molecule has 0 aliphatic carbocycles. The van der Waals surface area contributed by atoms with Gasteiger partial charge in [0, 0.05) is 42.1 Å². The highest BCUT2D eigenvalue weighted by Crippen LogP contribution is 2.53. The maximum absolute atomic E-state index is 14.5. The maximum Gasteiger partial charge on any atom is 0.407 e. The molecular formula is C21H20F2N2O2S. The SMILES string of the molecule is O=C(O)N1CC[C@H]2[C@@H](C1)c1ccc(-c3c(F)cccc3F)c3c1N2CCCS3. The highest BCUT2D eigenvalue weighted by Gasteiger charge is 2.45. The Bertz CT molecular complexity index is 947. The number of piperidine rings is 1. The molecule has 3 aliphatic heterocycles. The number of likely N-dealkylation sites (tertiary alicyclic amines) is 1. The molecule has 3 heterocycles. The molecule has 1 fully saturated rings. The van der Waals surface area contributed by atoms with Crippen molar-refractivity contribution in [3.05, 3.63) is 47.5 Å². The van der Waals surface area contributed by atoms with Gasteiger partial charge < -0.3 is 14.9 Å². The Morgan fingerprint density at radius 1 is 1.14 bits per heavy atom. The first-order valence-electron chi connectivity index (χ1n) is 9.55. The van der Waals surface area contributed by atoms with E-state index in [1.807, 2.05) is 12.1 Å². The van der Waals surface area contributed by atoms with Crippen molar-refractivity contribution in [1.82, 2.24) is 4.90 Å². The van der Waals surface area contributed by atoms with Crippen molar-refractivity contribution in [2.24, 2.45) is 0 Å². The molecule has 4 nitrogen and oxygen atoms in total. The molecule has 0 radical (unpaired) electrons. The standard InChI is InChI=1S/C21H20F2N2O2S/c22-15-3-1-4-16(23)18(15)13-6-5-12-14-11-24(21(26)27)9-7-17(14)25-8-2-10-28-20(13)19(12)25/h1,3-6,14,17H,2,7-11H2,(H,26,27)/t14-,17-/m0/s1. The molecule has 2 atom stereocenters. The van der Waals surface area contributed by atoms with Gasteiger partial charge in [0.1, 0.15) is 11.6 Å². The number of halogens is 2. The van der Waals surface area contributed by atoms with Crippen LogP contribution < -0.4 is 4.90 Å². The van der Waals surface area contributed by atoms with Crippen LogP contribution in [0.1, 0.15) is 24.3 Å². The summed E-state index contributed by atoms with van der Waals surface area (Å²) in [6, 6.07) is 7.99. The molecule has 0 saturated carbocycles. The number of nitrogens with zero attached hydrogens (tertiary/aromatic N) is 2. The quantitative estimate of drug-likeness (QED) is 0.745. The van der Waals surface area contributed by atoms with Crippen molar-refractivity contribution in [3.63, 3.8) is 0 Å². The van der Waals surface area contributed by atoms with E-state index in [9.17, 15) is 18.7 Å². The molecule has 0 spiro atoms. The van der Waals surface area contributed by atoms with Gasteiger partial charge in [-0.25, -0.2) is 13.6 Å². The number of carbonyl (C=O) groups is 1. The van der Waals surface area contributed by atoms with Gasteiger partial charge in [0.25, 0.3) is 0 Å². The molecule has 3 aliphatic rings. The molecule has 2 aromatic carbocycles. The van der Waals surface area contributed by atoms with E-state index in [-0.39, 0.29) is 17.5 Å². The van der Waals surface area contributed by atoms with Crippen LogP contribution in [0.3, 0.4) is 0 Å². The fraction of sp³-hybridized carbons (Fsp3) is 0.381. The van der Waals surface area contributed by atoms with Crippen molar-refractivity contribution in [2.75, 3.05) is 30.3 Å². The van der Waals surface area contributed by atoms with E-state index in [1.54, 1.807) is 11.8 Å². The molecule has 0 bridgehead atoms. The predicted molar refractivity (Wildman–Crippen MR) is 105 cm³/mol. The van der Waals surface area contributed by atoms with Crippen molar-refractivity contribution in [2.45, 2.75) is 29.7 Å². The van der Waals surface area contributed by atoms with Crippen molar-refractivity contribution >= 4 is 23.5 Å². The summed E-state index contributed by atoms with van der Waals surface area (Å²) in [6.45, 7) is 1.89. The Labute approximate surface area is 166 Å². The normalized spacial score (nSPS) is 23.2. The molecule has 0 unspecified atom stereocenters. The molecule has 146 valence electrons. The molecule has 28 heavy (non-hydrogen) atoms. The van der Waals surface area contributed by atoms with Crippen LogP contribution in [-0.4, -0.2) is 47.5 Å². The number of anilines is 1. The molecule has 0 aromatic heterocycles. The van der Waals surface area contributed by atoms with Crippen LogP contribution in [0.25, 0.3) is 11.1 Å². The van der Waals surface area contributed by atoms with E-state index in [2.05, 4.69) is 4.90 Å². The van der Waals surface area contributed by atoms with E-state index in [4.69, 9.17) is 0 Å². The lowest BCUT2D eigenvalue weighted by molar-refractivity contribution is 0.127. The Morgan fingerprint density at radius 3 is 2.68 bits per heavy atom. The zero-order chi connectivity index (χ0) is 19.4. The highest BCUT2D eigenvalue weighted by molar-refractivity contribution is 7.99. The van der Waals surface area contributed by atoms with Crippen molar-refractivity contribution < 1.29 is 18.7 Å². The molecular weight excluding hydrogens is 382 g/mol. The summed E-state index contributed by atoms with van der Waals surface area (Å²) in [5.74, 6) is -0.105. The van der Waals surface area contributed by atoms with E-state index < -0.39 is 17.7 Å². The number of amides is 1. The largest absolute Gasteiger partial charge is 0.465 e. The lowest BCUT2D eigenvalue weighted by Gasteiger charge is -2.37. The van der Waals surface area contributed by atoms with Crippen LogP contribution in [0.2, 0.25) is 0 Å². The second kappa shape index (κ2) is 6.65. The summed E-state index contributed by atoms with van der Waals surface area (Å²) in [7, 11) is 0. The maximum atomic E-state index is 14.5. The van der Waals surface area contributed by atoms with Crippen LogP contribution in [0.15, 0.2) is 35.2 Å². The third-order valence-electron chi connectivity index (χ3n) is 6.12. The minimum atomic E-state index is -0.884. The Morgan fingerprint density at radius 2 is 1.93 bits per heavy atom. The zero-order valence-electron chi connectivity index (χ0n) is 15.2. The predicted octanol–water partition coefficient (Wildman–Crippen LogP) is 4.78. The van der Waals surface area contributed by atoms with Crippen LogP contribution in [-0.2, 0) is 0 Å². The van der Waals surface area contributed by atoms with Crippen LogP contribution in [0, 0.1) is 11.6 Å². The fourth-order valence-electron chi connectivity index (χ4n) is 4.92. The first kappa shape index (κ1) is 17.8. The minimum Gasteiger partial charge on any atom is -0.465 e. The monoisotopic (exact) mass is 402 g/mol. The summed E-state index contributed by atoms with van der Waals surface area (Å²) in [5, 5.41) is 9.42. The van der Waals surface area contributed by atoms with Crippen molar-refractivity contribution in [3.8, 4) is 11.1 Å². The smallest absolute Gasteiger partial charge is 0.407 e. The number of benzene rings is 2. The Kier molecular flexibility index (Phi) is 4.23. The topological polar surface area (TPSA) is 43.8 Å². The van der Waals surface area contributed by atoms with Crippen LogP contribution >= 0.6 is 11.8 Å². The van der Waals surface area contributed by atoms with Gasteiger partial charge in [-0.3, -0.25) is 0 Å². The number of hydrogen-bond donors (Lipinski definition) is 1. The lowest BCUT2D eigenvalue weighted by atomic mass is 9.88. The molecule has 2 aromatic rings. The number of hydrogen-bond acceptors (Lipinski definition) is 3. The summed E-state index contributed by atoms with van der Waals surface area (Å²) in [5.41, 5.74) is 2.79. The van der Waals surface area contributed by atoms with Gasteiger partial charge in [-0.2, -0.15) is 0 Å². The number of fused-ring (bicyclic) bond motifs is 3. The average Bonchev–Trinajstić information content (AvgIpc) is 2.83. The van der Waals surface area contributed by atoms with Gasteiger partial charge in [0.05, 0.1) is 11.3 Å². The molecule has 1 N–H and O–H groups in total. The lowest BCUT2D eigenvalue weighted by Crippen LogP contribution is -2.48. The van der Waals surface area contributed by atoms with E-state index in [0.717, 1.165) is 41.3 Å². The van der Waals surface area contributed by atoms with Crippen LogP contribution in [0.5, 0.6) is 0 Å². The third kappa shape index (κ3) is 2.59. The van der Waals surface area contributed by atoms with Crippen molar-refractivity contribution in [1.29, 1.82) is 0 Å². The second-order valence-corrected chi connectivity index (χ2v) is 8.67. The van der Waals surface area contributed by atoms with E-state index in [0.29, 0.717) is 18.7 Å². The fourth-order valence-corrected chi connectivity index (χ4v) is 6.10. The van der Waals surface area contributed by atoms with Crippen LogP contribution in [0.4, 0.5) is 19.3 Å². The zero-order valence-corrected chi connectivity index (χ0v) is 16.0. The third-order valence-corrected chi connectivity index (χ3v) is 7.31.